The Hall–Kier alpha value is -1.53. The molecule has 1 heterocycles. The number of amides is 1. The van der Waals surface area contributed by atoms with Gasteiger partial charge in [0.05, 0.1) is 19.4 Å². The van der Waals surface area contributed by atoms with E-state index < -0.39 is 0 Å². The van der Waals surface area contributed by atoms with Crippen molar-refractivity contribution >= 4 is 23.9 Å². The molecule has 1 aliphatic heterocycles. The second-order valence-corrected chi connectivity index (χ2v) is 5.91. The van der Waals surface area contributed by atoms with Gasteiger partial charge in [-0.1, -0.05) is 0 Å². The summed E-state index contributed by atoms with van der Waals surface area (Å²) in [6, 6.07) is 7.58. The van der Waals surface area contributed by atoms with Gasteiger partial charge in [-0.15, -0.1) is 0 Å². The molecule has 0 bridgehead atoms. The number of ether oxygens (including phenoxy) is 1. The van der Waals surface area contributed by atoms with Crippen LogP contribution in [0.1, 0.15) is 12.5 Å². The fourth-order valence-electron chi connectivity index (χ4n) is 1.99. The highest BCUT2D eigenvalue weighted by atomic mass is 32.2. The quantitative estimate of drug-likeness (QED) is 0.640. The Morgan fingerprint density at radius 2 is 2.10 bits per heavy atom. The average molecular weight is 307 g/mol. The second kappa shape index (κ2) is 8.69. The number of rotatable bonds is 6. The molecule has 0 spiro atoms. The molecule has 1 N–H and O–H groups in total. The maximum Gasteiger partial charge on any atom is 0.254 e. The van der Waals surface area contributed by atoms with Gasteiger partial charge >= 0.3 is 0 Å². The molecule has 0 aromatic heterocycles. The van der Waals surface area contributed by atoms with Crippen LogP contribution in [0.25, 0.3) is 0 Å². The van der Waals surface area contributed by atoms with Crippen LogP contribution in [0, 0.1) is 0 Å². The van der Waals surface area contributed by atoms with E-state index in [1.54, 1.807) is 6.21 Å². The standard InChI is InChI=1S/C15H21N3O2S/c1-2-20-14-5-3-13(4-6-14)11-16-17-15(19)12-18-7-9-21-10-8-18/h3-6,11H,2,7-10,12H2,1H3,(H,17,19)/b16-11+. The molecule has 0 radical (unpaired) electrons. The Labute approximate surface area is 129 Å². The highest BCUT2D eigenvalue weighted by molar-refractivity contribution is 7.99. The largest absolute Gasteiger partial charge is 0.494 e. The van der Waals surface area contributed by atoms with Gasteiger partial charge in [-0.2, -0.15) is 16.9 Å². The number of hydrogen-bond donors (Lipinski definition) is 1. The Balaban J connectivity index is 1.74. The number of nitrogens with zero attached hydrogens (tertiary/aromatic N) is 2. The van der Waals surface area contributed by atoms with E-state index in [2.05, 4.69) is 15.4 Å². The number of benzene rings is 1. The van der Waals surface area contributed by atoms with E-state index in [4.69, 9.17) is 4.74 Å². The van der Waals surface area contributed by atoms with Crippen molar-refractivity contribution < 1.29 is 9.53 Å². The summed E-state index contributed by atoms with van der Waals surface area (Å²) in [5, 5.41) is 3.99. The number of nitrogens with one attached hydrogen (secondary N) is 1. The first-order valence-electron chi connectivity index (χ1n) is 7.13. The van der Waals surface area contributed by atoms with Crippen molar-refractivity contribution in [1.29, 1.82) is 0 Å². The number of thioether (sulfide) groups is 1. The normalized spacial score (nSPS) is 16.0. The van der Waals surface area contributed by atoms with E-state index >= 15 is 0 Å². The van der Waals surface area contributed by atoms with Crippen molar-refractivity contribution in [2.75, 3.05) is 37.7 Å². The molecule has 2 rings (SSSR count). The van der Waals surface area contributed by atoms with Gasteiger partial charge < -0.3 is 4.74 Å². The first-order chi connectivity index (χ1) is 10.3. The van der Waals surface area contributed by atoms with E-state index in [0.29, 0.717) is 13.2 Å². The molecule has 1 saturated heterocycles. The van der Waals surface area contributed by atoms with Gasteiger partial charge in [-0.05, 0) is 36.8 Å². The lowest BCUT2D eigenvalue weighted by Crippen LogP contribution is -2.40. The molecule has 5 nitrogen and oxygen atoms in total. The fourth-order valence-corrected chi connectivity index (χ4v) is 2.97. The molecular weight excluding hydrogens is 286 g/mol. The summed E-state index contributed by atoms with van der Waals surface area (Å²) in [7, 11) is 0. The lowest BCUT2D eigenvalue weighted by molar-refractivity contribution is -0.122. The van der Waals surface area contributed by atoms with Crippen molar-refractivity contribution in [3.8, 4) is 5.75 Å². The average Bonchev–Trinajstić information content (AvgIpc) is 2.50. The molecule has 0 unspecified atom stereocenters. The van der Waals surface area contributed by atoms with Crippen molar-refractivity contribution in [3.63, 3.8) is 0 Å². The summed E-state index contributed by atoms with van der Waals surface area (Å²) >= 11 is 1.93. The Morgan fingerprint density at radius 3 is 2.76 bits per heavy atom. The monoisotopic (exact) mass is 307 g/mol. The van der Waals surface area contributed by atoms with E-state index in [1.807, 2.05) is 43.0 Å². The lowest BCUT2D eigenvalue weighted by atomic mass is 10.2. The van der Waals surface area contributed by atoms with E-state index in [-0.39, 0.29) is 5.91 Å². The number of carbonyl (C=O) groups is 1. The zero-order valence-electron chi connectivity index (χ0n) is 12.2. The Bertz CT molecular complexity index is 470. The molecule has 1 fully saturated rings. The Kier molecular flexibility index (Phi) is 6.56. The van der Waals surface area contributed by atoms with E-state index in [0.717, 1.165) is 35.9 Å². The molecule has 0 aliphatic carbocycles. The van der Waals surface area contributed by atoms with Crippen LogP contribution in [-0.2, 0) is 4.79 Å². The molecule has 1 aliphatic rings. The molecule has 0 atom stereocenters. The first kappa shape index (κ1) is 15.9. The van der Waals surface area contributed by atoms with Crippen molar-refractivity contribution in [2.45, 2.75) is 6.92 Å². The Morgan fingerprint density at radius 1 is 1.38 bits per heavy atom. The van der Waals surface area contributed by atoms with Crippen LogP contribution in [0.15, 0.2) is 29.4 Å². The van der Waals surface area contributed by atoms with Crippen LogP contribution in [0.3, 0.4) is 0 Å². The van der Waals surface area contributed by atoms with Crippen LogP contribution >= 0.6 is 11.8 Å². The fraction of sp³-hybridized carbons (Fsp3) is 0.467. The number of hydrogen-bond acceptors (Lipinski definition) is 5. The summed E-state index contributed by atoms with van der Waals surface area (Å²) in [6.07, 6.45) is 1.64. The zero-order chi connectivity index (χ0) is 14.9. The molecule has 1 amide bonds. The minimum absolute atomic E-state index is 0.0657. The summed E-state index contributed by atoms with van der Waals surface area (Å²) in [5.41, 5.74) is 3.49. The van der Waals surface area contributed by atoms with Crippen LogP contribution in [0.4, 0.5) is 0 Å². The predicted molar refractivity (Wildman–Crippen MR) is 87.1 cm³/mol. The molecule has 1 aromatic rings. The maximum atomic E-state index is 11.7. The van der Waals surface area contributed by atoms with Gasteiger partial charge in [0.1, 0.15) is 5.75 Å². The highest BCUT2D eigenvalue weighted by Gasteiger charge is 2.13. The third-order valence-corrected chi connectivity index (χ3v) is 4.01. The van der Waals surface area contributed by atoms with Crippen molar-refractivity contribution in [1.82, 2.24) is 10.3 Å². The summed E-state index contributed by atoms with van der Waals surface area (Å²) < 4.78 is 5.37. The number of carbonyl (C=O) groups excluding carboxylic acids is 1. The molecule has 0 saturated carbocycles. The second-order valence-electron chi connectivity index (χ2n) is 4.68. The van der Waals surface area contributed by atoms with Crippen LogP contribution < -0.4 is 10.2 Å². The van der Waals surface area contributed by atoms with Gasteiger partial charge in [-0.3, -0.25) is 9.69 Å². The lowest BCUT2D eigenvalue weighted by Gasteiger charge is -2.24. The minimum Gasteiger partial charge on any atom is -0.494 e. The number of hydrazone groups is 1. The van der Waals surface area contributed by atoms with Crippen LogP contribution in [0.2, 0.25) is 0 Å². The molecular formula is C15H21N3O2S. The van der Waals surface area contributed by atoms with E-state index in [9.17, 15) is 4.79 Å². The van der Waals surface area contributed by atoms with Gasteiger partial charge in [0, 0.05) is 24.6 Å². The van der Waals surface area contributed by atoms with Gasteiger partial charge in [0.25, 0.3) is 5.91 Å². The summed E-state index contributed by atoms with van der Waals surface area (Å²) in [5.74, 6) is 2.97. The topological polar surface area (TPSA) is 53.9 Å². The molecule has 114 valence electrons. The van der Waals surface area contributed by atoms with Gasteiger partial charge in [0.15, 0.2) is 0 Å². The summed E-state index contributed by atoms with van der Waals surface area (Å²) in [6.45, 7) is 4.97. The zero-order valence-corrected chi connectivity index (χ0v) is 13.1. The predicted octanol–water partition coefficient (Wildman–Crippen LogP) is 1.58. The smallest absolute Gasteiger partial charge is 0.254 e. The van der Waals surface area contributed by atoms with Crippen LogP contribution in [0.5, 0.6) is 5.75 Å². The van der Waals surface area contributed by atoms with E-state index in [1.165, 1.54) is 0 Å². The first-order valence-corrected chi connectivity index (χ1v) is 8.28. The molecule has 21 heavy (non-hydrogen) atoms. The minimum atomic E-state index is -0.0657. The van der Waals surface area contributed by atoms with Crippen LogP contribution in [-0.4, -0.2) is 54.8 Å². The summed E-state index contributed by atoms with van der Waals surface area (Å²) in [4.78, 5) is 13.9. The molecule has 6 heteroatoms. The van der Waals surface area contributed by atoms with Gasteiger partial charge in [-0.25, -0.2) is 5.43 Å². The van der Waals surface area contributed by atoms with Crippen molar-refractivity contribution in [2.24, 2.45) is 5.10 Å². The molecule has 1 aromatic carbocycles. The van der Waals surface area contributed by atoms with Gasteiger partial charge in [0.2, 0.25) is 0 Å². The maximum absolute atomic E-state index is 11.7. The third-order valence-electron chi connectivity index (χ3n) is 3.06. The highest BCUT2D eigenvalue weighted by Crippen LogP contribution is 2.10. The van der Waals surface area contributed by atoms with Crippen molar-refractivity contribution in [3.05, 3.63) is 29.8 Å². The third kappa shape index (κ3) is 5.77. The SMILES string of the molecule is CCOc1ccc(/C=N/NC(=O)CN2CCSCC2)cc1.